The van der Waals surface area contributed by atoms with Crippen LogP contribution in [-0.2, 0) is 11.3 Å². The van der Waals surface area contributed by atoms with Crippen LogP contribution in [0.25, 0.3) is 10.9 Å². The summed E-state index contributed by atoms with van der Waals surface area (Å²) in [6.07, 6.45) is 2.55. The van der Waals surface area contributed by atoms with Crippen LogP contribution in [0.5, 0.6) is 5.75 Å². The first-order valence-corrected chi connectivity index (χ1v) is 10.6. The maximum Gasteiger partial charge on any atom is 0.295 e. The third-order valence-corrected chi connectivity index (χ3v) is 5.64. The van der Waals surface area contributed by atoms with Gasteiger partial charge in [0.25, 0.3) is 11.7 Å². The van der Waals surface area contributed by atoms with Gasteiger partial charge in [-0.25, -0.2) is 0 Å². The molecule has 0 fully saturated rings. The molecule has 3 rings (SSSR count). The fraction of sp³-hybridized carbons (Fsp3) is 0.333. The number of carbonyl (C=O) groups is 2. The van der Waals surface area contributed by atoms with Crippen LogP contribution in [0.15, 0.2) is 48.7 Å². The summed E-state index contributed by atoms with van der Waals surface area (Å²) in [6.45, 7) is 7.94. The van der Waals surface area contributed by atoms with Crippen molar-refractivity contribution in [3.63, 3.8) is 0 Å². The SMILES string of the molecule is CCN(CC)C(=O)C(=O)c1cn(CCCOc2ccc(Cl)c(C)c2)c2ccccc12. The number of likely N-dealkylation sites (N-methyl/N-ethyl adjacent to an activating group) is 1. The molecule has 1 amide bonds. The lowest BCUT2D eigenvalue weighted by molar-refractivity contribution is -0.126. The standard InChI is InChI=1S/C24H27ClN2O3/c1-4-26(5-2)24(29)23(28)20-16-27(22-10-7-6-9-19(20)22)13-8-14-30-18-11-12-21(25)17(3)15-18/h6-7,9-12,15-16H,4-5,8,13-14H2,1-3H3. The van der Waals surface area contributed by atoms with E-state index in [2.05, 4.69) is 0 Å². The smallest absolute Gasteiger partial charge is 0.295 e. The minimum atomic E-state index is -0.457. The van der Waals surface area contributed by atoms with Gasteiger partial charge in [-0.15, -0.1) is 0 Å². The maximum atomic E-state index is 12.9. The Morgan fingerprint density at radius 1 is 1.10 bits per heavy atom. The van der Waals surface area contributed by atoms with Crippen molar-refractivity contribution in [1.29, 1.82) is 0 Å². The van der Waals surface area contributed by atoms with Crippen molar-refractivity contribution in [3.8, 4) is 5.75 Å². The van der Waals surface area contributed by atoms with E-state index in [4.69, 9.17) is 16.3 Å². The van der Waals surface area contributed by atoms with Gasteiger partial charge in [-0.1, -0.05) is 29.8 Å². The van der Waals surface area contributed by atoms with Gasteiger partial charge in [0, 0.05) is 41.8 Å². The van der Waals surface area contributed by atoms with Crippen LogP contribution in [0.3, 0.4) is 0 Å². The van der Waals surface area contributed by atoms with Crippen LogP contribution < -0.4 is 4.74 Å². The molecule has 0 bridgehead atoms. The Kier molecular flexibility index (Phi) is 7.16. The first-order valence-electron chi connectivity index (χ1n) is 10.3. The molecule has 0 N–H and O–H groups in total. The summed E-state index contributed by atoms with van der Waals surface area (Å²) >= 11 is 6.05. The Labute approximate surface area is 182 Å². The number of ether oxygens (including phenoxy) is 1. The Hall–Kier alpha value is -2.79. The van der Waals surface area contributed by atoms with Crippen LogP contribution in [0.1, 0.15) is 36.2 Å². The number of para-hydroxylation sites is 1. The lowest BCUT2D eigenvalue weighted by Crippen LogP contribution is -2.36. The van der Waals surface area contributed by atoms with Crippen molar-refractivity contribution in [3.05, 3.63) is 64.8 Å². The normalized spacial score (nSPS) is 10.9. The average molecular weight is 427 g/mol. The molecule has 2 aromatic carbocycles. The highest BCUT2D eigenvalue weighted by molar-refractivity contribution is 6.44. The first-order chi connectivity index (χ1) is 14.5. The van der Waals surface area contributed by atoms with Crippen LogP contribution >= 0.6 is 11.6 Å². The first kappa shape index (κ1) is 21.9. The van der Waals surface area contributed by atoms with Crippen molar-refractivity contribution < 1.29 is 14.3 Å². The number of aryl methyl sites for hydroxylation is 2. The lowest BCUT2D eigenvalue weighted by Gasteiger charge is -2.17. The fourth-order valence-corrected chi connectivity index (χ4v) is 3.63. The highest BCUT2D eigenvalue weighted by Crippen LogP contribution is 2.24. The minimum absolute atomic E-state index is 0.454. The number of halogens is 1. The molecular formula is C24H27ClN2O3. The lowest BCUT2D eigenvalue weighted by atomic mass is 10.1. The molecule has 0 saturated carbocycles. The number of aromatic nitrogens is 1. The van der Waals surface area contributed by atoms with Crippen LogP contribution in [0.4, 0.5) is 0 Å². The van der Waals surface area contributed by atoms with E-state index in [1.54, 1.807) is 11.1 Å². The molecule has 3 aromatic rings. The molecule has 30 heavy (non-hydrogen) atoms. The summed E-state index contributed by atoms with van der Waals surface area (Å²) in [5.41, 5.74) is 2.37. The third kappa shape index (κ3) is 4.68. The van der Waals surface area contributed by atoms with Gasteiger partial charge in [0.1, 0.15) is 5.75 Å². The molecule has 0 aliphatic heterocycles. The van der Waals surface area contributed by atoms with E-state index in [1.165, 1.54) is 0 Å². The molecule has 1 heterocycles. The van der Waals surface area contributed by atoms with Gasteiger partial charge in [0.05, 0.1) is 12.2 Å². The second-order valence-corrected chi connectivity index (χ2v) is 7.58. The molecule has 158 valence electrons. The van der Waals surface area contributed by atoms with Crippen molar-refractivity contribution in [2.75, 3.05) is 19.7 Å². The zero-order valence-electron chi connectivity index (χ0n) is 17.7. The fourth-order valence-electron chi connectivity index (χ4n) is 3.51. The summed E-state index contributed by atoms with van der Waals surface area (Å²) in [4.78, 5) is 27.0. The Bertz CT molecular complexity index is 1050. The zero-order chi connectivity index (χ0) is 21.7. The highest BCUT2D eigenvalue weighted by Gasteiger charge is 2.24. The van der Waals surface area contributed by atoms with Gasteiger partial charge in [-0.3, -0.25) is 9.59 Å². The molecule has 0 aliphatic rings. The van der Waals surface area contributed by atoms with Gasteiger partial charge in [0.2, 0.25) is 0 Å². The van der Waals surface area contributed by atoms with Gasteiger partial charge < -0.3 is 14.2 Å². The number of nitrogens with zero attached hydrogens (tertiary/aromatic N) is 2. The van der Waals surface area contributed by atoms with Gasteiger partial charge in [-0.2, -0.15) is 0 Å². The summed E-state index contributed by atoms with van der Waals surface area (Å²) < 4.78 is 7.85. The number of Topliss-reactive ketones (excluding diaryl/α,β-unsaturated/α-hetero) is 1. The Balaban J connectivity index is 1.72. The molecule has 0 aliphatic carbocycles. The van der Waals surface area contributed by atoms with Crippen LogP contribution in [-0.4, -0.2) is 40.9 Å². The van der Waals surface area contributed by atoms with Gasteiger partial charge in [-0.05, 0) is 57.0 Å². The van der Waals surface area contributed by atoms with E-state index in [0.29, 0.717) is 31.8 Å². The van der Waals surface area contributed by atoms with E-state index >= 15 is 0 Å². The molecule has 0 spiro atoms. The second-order valence-electron chi connectivity index (χ2n) is 7.17. The van der Waals surface area contributed by atoms with E-state index in [-0.39, 0.29) is 0 Å². The quantitative estimate of drug-likeness (QED) is 0.271. The van der Waals surface area contributed by atoms with Crippen LogP contribution in [0, 0.1) is 6.92 Å². The Morgan fingerprint density at radius 2 is 1.83 bits per heavy atom. The van der Waals surface area contributed by atoms with E-state index in [9.17, 15) is 9.59 Å². The number of carbonyl (C=O) groups excluding carboxylic acids is 2. The molecule has 0 atom stereocenters. The summed E-state index contributed by atoms with van der Waals surface area (Å²) in [5, 5.41) is 1.52. The number of hydrogen-bond donors (Lipinski definition) is 0. The highest BCUT2D eigenvalue weighted by atomic mass is 35.5. The molecule has 5 nitrogen and oxygen atoms in total. The molecule has 0 radical (unpaired) electrons. The minimum Gasteiger partial charge on any atom is -0.494 e. The number of fused-ring (bicyclic) bond motifs is 1. The zero-order valence-corrected chi connectivity index (χ0v) is 18.4. The van der Waals surface area contributed by atoms with Crippen molar-refractivity contribution in [2.45, 2.75) is 33.7 Å². The summed E-state index contributed by atoms with van der Waals surface area (Å²) in [6, 6.07) is 13.3. The van der Waals surface area contributed by atoms with Gasteiger partial charge >= 0.3 is 0 Å². The largest absolute Gasteiger partial charge is 0.494 e. The van der Waals surface area contributed by atoms with Crippen molar-refractivity contribution in [2.24, 2.45) is 0 Å². The summed E-state index contributed by atoms with van der Waals surface area (Å²) in [5.74, 6) is -0.124. The molecule has 6 heteroatoms. The van der Waals surface area contributed by atoms with Crippen LogP contribution in [0.2, 0.25) is 5.02 Å². The summed E-state index contributed by atoms with van der Waals surface area (Å²) in [7, 11) is 0. The van der Waals surface area contributed by atoms with Crippen molar-refractivity contribution >= 4 is 34.2 Å². The number of benzene rings is 2. The van der Waals surface area contributed by atoms with Crippen molar-refractivity contribution in [1.82, 2.24) is 9.47 Å². The average Bonchev–Trinajstić information content (AvgIpc) is 3.12. The Morgan fingerprint density at radius 3 is 2.53 bits per heavy atom. The monoisotopic (exact) mass is 426 g/mol. The predicted molar refractivity (Wildman–Crippen MR) is 120 cm³/mol. The molecule has 0 saturated heterocycles. The third-order valence-electron chi connectivity index (χ3n) is 5.22. The van der Waals surface area contributed by atoms with Gasteiger partial charge in [0.15, 0.2) is 0 Å². The second kappa shape index (κ2) is 9.81. The maximum absolute atomic E-state index is 12.9. The number of rotatable bonds is 9. The molecule has 1 aromatic heterocycles. The predicted octanol–water partition coefficient (Wildman–Crippen LogP) is 5.12. The topological polar surface area (TPSA) is 51.5 Å². The number of hydrogen-bond acceptors (Lipinski definition) is 3. The number of amides is 1. The molecular weight excluding hydrogens is 400 g/mol. The van der Waals surface area contributed by atoms with E-state index in [1.807, 2.05) is 67.8 Å². The van der Waals surface area contributed by atoms with E-state index < -0.39 is 11.7 Å². The number of ketones is 1. The van der Waals surface area contributed by atoms with E-state index in [0.717, 1.165) is 33.7 Å². The molecule has 0 unspecified atom stereocenters.